The summed E-state index contributed by atoms with van der Waals surface area (Å²) in [4.78, 5) is 0. The molecule has 1 aliphatic heterocycles. The molecule has 0 radical (unpaired) electrons. The number of aliphatic hydroxyl groups is 3. The van der Waals surface area contributed by atoms with E-state index < -0.39 is 18.5 Å². The lowest BCUT2D eigenvalue weighted by molar-refractivity contribution is -0.132. The SMILES string of the molecule is CC(C)(C)C1[C@@H](CO)O[C@H](O)[C@H]1O. The van der Waals surface area contributed by atoms with Crippen LogP contribution in [0.25, 0.3) is 0 Å². The minimum Gasteiger partial charge on any atom is -0.394 e. The van der Waals surface area contributed by atoms with Gasteiger partial charge in [0.2, 0.25) is 0 Å². The van der Waals surface area contributed by atoms with Crippen LogP contribution in [0.3, 0.4) is 0 Å². The van der Waals surface area contributed by atoms with E-state index in [1.165, 1.54) is 0 Å². The summed E-state index contributed by atoms with van der Waals surface area (Å²) >= 11 is 0. The van der Waals surface area contributed by atoms with Crippen molar-refractivity contribution in [3.8, 4) is 0 Å². The molecule has 1 aliphatic rings. The molecule has 1 unspecified atom stereocenters. The second kappa shape index (κ2) is 3.53. The van der Waals surface area contributed by atoms with Crippen molar-refractivity contribution in [2.24, 2.45) is 11.3 Å². The van der Waals surface area contributed by atoms with Crippen molar-refractivity contribution < 1.29 is 20.1 Å². The maximum Gasteiger partial charge on any atom is 0.181 e. The molecule has 0 aliphatic carbocycles. The zero-order chi connectivity index (χ0) is 10.2. The van der Waals surface area contributed by atoms with Gasteiger partial charge in [0.25, 0.3) is 0 Å². The topological polar surface area (TPSA) is 69.9 Å². The summed E-state index contributed by atoms with van der Waals surface area (Å²) in [5, 5.41) is 27.8. The summed E-state index contributed by atoms with van der Waals surface area (Å²) in [7, 11) is 0. The van der Waals surface area contributed by atoms with Crippen LogP contribution in [0.1, 0.15) is 20.8 Å². The Morgan fingerprint density at radius 3 is 2.08 bits per heavy atom. The monoisotopic (exact) mass is 190 g/mol. The van der Waals surface area contributed by atoms with Crippen molar-refractivity contribution in [2.45, 2.75) is 39.3 Å². The van der Waals surface area contributed by atoms with Gasteiger partial charge in [-0.05, 0) is 5.41 Å². The number of aliphatic hydroxyl groups excluding tert-OH is 3. The predicted molar refractivity (Wildman–Crippen MR) is 46.9 cm³/mol. The van der Waals surface area contributed by atoms with E-state index in [9.17, 15) is 10.2 Å². The molecule has 0 aromatic carbocycles. The van der Waals surface area contributed by atoms with Crippen LogP contribution in [-0.4, -0.2) is 40.4 Å². The molecule has 4 heteroatoms. The Kier molecular flexibility index (Phi) is 2.97. The van der Waals surface area contributed by atoms with Crippen molar-refractivity contribution >= 4 is 0 Å². The van der Waals surface area contributed by atoms with E-state index in [0.29, 0.717) is 0 Å². The average Bonchev–Trinajstić information content (AvgIpc) is 2.26. The van der Waals surface area contributed by atoms with Gasteiger partial charge in [0.05, 0.1) is 12.7 Å². The lowest BCUT2D eigenvalue weighted by atomic mass is 9.75. The van der Waals surface area contributed by atoms with E-state index in [1.807, 2.05) is 20.8 Å². The van der Waals surface area contributed by atoms with Crippen molar-refractivity contribution in [3.05, 3.63) is 0 Å². The van der Waals surface area contributed by atoms with Crippen LogP contribution in [0.4, 0.5) is 0 Å². The quantitative estimate of drug-likeness (QED) is 0.532. The van der Waals surface area contributed by atoms with Crippen LogP contribution in [0.5, 0.6) is 0 Å². The first-order valence-corrected chi connectivity index (χ1v) is 4.50. The van der Waals surface area contributed by atoms with E-state index in [1.54, 1.807) is 0 Å². The highest BCUT2D eigenvalue weighted by molar-refractivity contribution is 4.92. The first-order chi connectivity index (χ1) is 5.88. The van der Waals surface area contributed by atoms with Gasteiger partial charge >= 0.3 is 0 Å². The van der Waals surface area contributed by atoms with Crippen LogP contribution < -0.4 is 0 Å². The molecular formula is C9H18O4. The van der Waals surface area contributed by atoms with E-state index in [-0.39, 0.29) is 17.9 Å². The molecule has 0 aromatic rings. The molecular weight excluding hydrogens is 172 g/mol. The zero-order valence-corrected chi connectivity index (χ0v) is 8.27. The molecule has 3 N–H and O–H groups in total. The van der Waals surface area contributed by atoms with Gasteiger partial charge in [0, 0.05) is 5.92 Å². The summed E-state index contributed by atoms with van der Waals surface area (Å²) < 4.78 is 5.02. The second-order valence-corrected chi connectivity index (χ2v) is 4.63. The van der Waals surface area contributed by atoms with Gasteiger partial charge in [-0.3, -0.25) is 0 Å². The van der Waals surface area contributed by atoms with Crippen LogP contribution >= 0.6 is 0 Å². The predicted octanol–water partition coefficient (Wildman–Crippen LogP) is -0.281. The largest absolute Gasteiger partial charge is 0.394 e. The zero-order valence-electron chi connectivity index (χ0n) is 8.27. The lowest BCUT2D eigenvalue weighted by Crippen LogP contribution is -2.38. The molecule has 4 nitrogen and oxygen atoms in total. The molecule has 0 aromatic heterocycles. The van der Waals surface area contributed by atoms with Crippen molar-refractivity contribution in [1.29, 1.82) is 0 Å². The summed E-state index contributed by atoms with van der Waals surface area (Å²) in [6.07, 6.45) is -2.54. The van der Waals surface area contributed by atoms with E-state index >= 15 is 0 Å². The highest BCUT2D eigenvalue weighted by atomic mass is 16.6. The van der Waals surface area contributed by atoms with E-state index in [4.69, 9.17) is 9.84 Å². The van der Waals surface area contributed by atoms with Crippen LogP contribution in [-0.2, 0) is 4.74 Å². The van der Waals surface area contributed by atoms with Gasteiger partial charge in [-0.25, -0.2) is 0 Å². The fourth-order valence-corrected chi connectivity index (χ4v) is 1.97. The Morgan fingerprint density at radius 2 is 1.77 bits per heavy atom. The second-order valence-electron chi connectivity index (χ2n) is 4.63. The molecule has 0 saturated carbocycles. The van der Waals surface area contributed by atoms with Gasteiger partial charge in [-0.2, -0.15) is 0 Å². The number of ether oxygens (including phenoxy) is 1. The van der Waals surface area contributed by atoms with E-state index in [0.717, 1.165) is 0 Å². The summed E-state index contributed by atoms with van der Waals surface area (Å²) in [5.74, 6) is -0.229. The van der Waals surface area contributed by atoms with Crippen LogP contribution in [0.2, 0.25) is 0 Å². The normalized spacial score (nSPS) is 41.1. The van der Waals surface area contributed by atoms with Crippen molar-refractivity contribution in [3.63, 3.8) is 0 Å². The minimum atomic E-state index is -1.17. The van der Waals surface area contributed by atoms with Gasteiger partial charge in [0.1, 0.15) is 6.10 Å². The smallest absolute Gasteiger partial charge is 0.181 e. The molecule has 1 saturated heterocycles. The maximum absolute atomic E-state index is 9.61. The highest BCUT2D eigenvalue weighted by Crippen LogP contribution is 2.39. The average molecular weight is 190 g/mol. The van der Waals surface area contributed by atoms with Crippen molar-refractivity contribution in [2.75, 3.05) is 6.61 Å². The number of hydrogen-bond acceptors (Lipinski definition) is 4. The molecule has 0 spiro atoms. The molecule has 1 rings (SSSR count). The van der Waals surface area contributed by atoms with Gasteiger partial charge in [-0.1, -0.05) is 20.8 Å². The number of rotatable bonds is 1. The van der Waals surface area contributed by atoms with Crippen LogP contribution in [0, 0.1) is 11.3 Å². The van der Waals surface area contributed by atoms with Gasteiger partial charge in [0.15, 0.2) is 6.29 Å². The Labute approximate surface area is 78.1 Å². The Balaban J connectivity index is 2.80. The molecule has 1 fully saturated rings. The van der Waals surface area contributed by atoms with Gasteiger partial charge in [-0.15, -0.1) is 0 Å². The molecule has 1 heterocycles. The summed E-state index contributed by atoms with van der Waals surface area (Å²) in [6.45, 7) is 5.68. The third-order valence-corrected chi connectivity index (χ3v) is 2.55. The fourth-order valence-electron chi connectivity index (χ4n) is 1.97. The molecule has 4 atom stereocenters. The third-order valence-electron chi connectivity index (χ3n) is 2.55. The Hall–Kier alpha value is -0.160. The highest BCUT2D eigenvalue weighted by Gasteiger charge is 2.48. The summed E-state index contributed by atoms with van der Waals surface area (Å²) in [5.41, 5.74) is -0.190. The van der Waals surface area contributed by atoms with Crippen LogP contribution in [0.15, 0.2) is 0 Å². The maximum atomic E-state index is 9.61. The molecule has 0 amide bonds. The van der Waals surface area contributed by atoms with E-state index in [2.05, 4.69) is 0 Å². The Bertz CT molecular complexity index is 175. The molecule has 13 heavy (non-hydrogen) atoms. The first kappa shape index (κ1) is 10.9. The van der Waals surface area contributed by atoms with Crippen molar-refractivity contribution in [1.82, 2.24) is 0 Å². The van der Waals surface area contributed by atoms with Gasteiger partial charge < -0.3 is 20.1 Å². The Morgan fingerprint density at radius 1 is 1.23 bits per heavy atom. The number of hydrogen-bond donors (Lipinski definition) is 3. The first-order valence-electron chi connectivity index (χ1n) is 4.50. The molecule has 78 valence electrons. The standard InChI is InChI=1S/C9H18O4/c1-9(2,3)6-5(4-10)13-8(12)7(6)11/h5-8,10-12H,4H2,1-3H3/t5-,6?,7+,8+/m1/s1. The molecule has 0 bridgehead atoms. The lowest BCUT2D eigenvalue weighted by Gasteiger charge is -2.31. The minimum absolute atomic E-state index is 0.171. The third kappa shape index (κ3) is 2.02. The summed E-state index contributed by atoms with van der Waals surface area (Å²) in [6, 6.07) is 0. The fraction of sp³-hybridized carbons (Fsp3) is 1.00.